The number of piperazine rings is 1. The number of anilines is 1. The van der Waals surface area contributed by atoms with Crippen molar-refractivity contribution in [3.8, 4) is 0 Å². The molecule has 0 spiro atoms. The van der Waals surface area contributed by atoms with E-state index in [0.29, 0.717) is 32.7 Å². The lowest BCUT2D eigenvalue weighted by molar-refractivity contribution is -0.132. The first-order valence-corrected chi connectivity index (χ1v) is 16.9. The maximum Gasteiger partial charge on any atom is 0.225 e. The van der Waals surface area contributed by atoms with Gasteiger partial charge in [-0.2, -0.15) is 0 Å². The molecule has 0 aliphatic carbocycles. The summed E-state index contributed by atoms with van der Waals surface area (Å²) in [5.74, 6) is 1.22. The molecule has 1 fully saturated rings. The van der Waals surface area contributed by atoms with Crippen LogP contribution >= 0.6 is 0 Å². The third-order valence-electron chi connectivity index (χ3n) is 6.81. The molecule has 254 valence electrons. The van der Waals surface area contributed by atoms with Gasteiger partial charge in [0.1, 0.15) is 6.29 Å². The zero-order valence-electron chi connectivity index (χ0n) is 30.5. The maximum atomic E-state index is 12.9. The number of rotatable bonds is 13. The van der Waals surface area contributed by atoms with Crippen LogP contribution in [0.1, 0.15) is 131 Å². The summed E-state index contributed by atoms with van der Waals surface area (Å²) in [6.07, 6.45) is 9.02. The number of allylic oxidation sites excluding steroid dienone is 2. The van der Waals surface area contributed by atoms with E-state index in [0.717, 1.165) is 60.5 Å². The third kappa shape index (κ3) is 21.1. The summed E-state index contributed by atoms with van der Waals surface area (Å²) in [5, 5.41) is 0. The van der Waals surface area contributed by atoms with Gasteiger partial charge in [-0.05, 0) is 57.2 Å². The highest BCUT2D eigenvalue weighted by Crippen LogP contribution is 2.27. The molecule has 0 N–H and O–H groups in total. The highest BCUT2D eigenvalue weighted by Gasteiger charge is 2.23. The van der Waals surface area contributed by atoms with Crippen molar-refractivity contribution < 1.29 is 19.1 Å². The molecule has 0 aromatic heterocycles. The number of unbranched alkanes of at least 4 members (excludes halogenated alkanes) is 1. The molecule has 0 saturated carbocycles. The van der Waals surface area contributed by atoms with Crippen molar-refractivity contribution >= 4 is 29.2 Å². The Kier molecular flexibility index (Phi) is 31.5. The number of nitrogens with zero attached hydrogens (tertiary/aromatic N) is 2. The van der Waals surface area contributed by atoms with E-state index in [1.54, 1.807) is 0 Å². The molecule has 1 aromatic rings. The predicted molar refractivity (Wildman–Crippen MR) is 193 cm³/mol. The molecule has 1 amide bonds. The fraction of sp³-hybridized carbons (Fsp3) is 0.658. The van der Waals surface area contributed by atoms with Crippen molar-refractivity contribution in [1.82, 2.24) is 4.90 Å². The van der Waals surface area contributed by atoms with Gasteiger partial charge in [-0.1, -0.05) is 98.9 Å². The lowest BCUT2D eigenvalue weighted by Gasteiger charge is -2.36. The molecule has 1 aliphatic heterocycles. The normalized spacial score (nSPS) is 12.5. The monoisotopic (exact) mass is 617 g/mol. The predicted octanol–water partition coefficient (Wildman–Crippen LogP) is 9.67. The Morgan fingerprint density at radius 2 is 1.55 bits per heavy atom. The van der Waals surface area contributed by atoms with E-state index in [2.05, 4.69) is 51.8 Å². The molecule has 1 saturated heterocycles. The van der Waals surface area contributed by atoms with Gasteiger partial charge in [-0.15, -0.1) is 6.58 Å². The summed E-state index contributed by atoms with van der Waals surface area (Å²) in [5.41, 5.74) is 3.63. The number of aldehydes is 1. The second kappa shape index (κ2) is 30.3. The minimum absolute atomic E-state index is 0.00633. The van der Waals surface area contributed by atoms with Gasteiger partial charge in [0.25, 0.3) is 0 Å². The van der Waals surface area contributed by atoms with Crippen molar-refractivity contribution in [2.24, 2.45) is 11.8 Å². The number of carbonyl (C=O) groups is 3. The van der Waals surface area contributed by atoms with Gasteiger partial charge in [0.2, 0.25) is 5.91 Å². The molecule has 1 atom stereocenters. The van der Waals surface area contributed by atoms with E-state index < -0.39 is 0 Å². The first-order valence-electron chi connectivity index (χ1n) is 16.9. The summed E-state index contributed by atoms with van der Waals surface area (Å²) < 4.78 is 5.28. The highest BCUT2D eigenvalue weighted by atomic mass is 16.5. The van der Waals surface area contributed by atoms with E-state index in [4.69, 9.17) is 9.53 Å². The SMILES string of the molecule is C=C(C)c1ccc(N2CCN(C(=O)CCOCC)CC2)cc1C(=O)C(C)CC.C=CCCC.CC.CC=O.CCCC(C)C. The maximum absolute atomic E-state index is 12.9. The van der Waals surface area contributed by atoms with Gasteiger partial charge in [0.15, 0.2) is 5.78 Å². The lowest BCUT2D eigenvalue weighted by atomic mass is 9.90. The number of Topliss-reactive ketones (excluding diaryl/α,β-unsaturated/α-hetero) is 1. The Hall–Kier alpha value is -2.73. The molecule has 1 aliphatic rings. The molecule has 6 heteroatoms. The zero-order chi connectivity index (χ0) is 34.5. The number of ether oxygens (including phenoxy) is 1. The van der Waals surface area contributed by atoms with Crippen LogP contribution in [0.2, 0.25) is 0 Å². The summed E-state index contributed by atoms with van der Waals surface area (Å²) in [7, 11) is 0. The number of benzene rings is 1. The van der Waals surface area contributed by atoms with Crippen LogP contribution in [0.25, 0.3) is 5.57 Å². The first kappa shape index (κ1) is 45.7. The van der Waals surface area contributed by atoms with Crippen LogP contribution in [0.15, 0.2) is 37.4 Å². The Labute approximate surface area is 272 Å². The molecule has 6 nitrogen and oxygen atoms in total. The number of hydrogen-bond donors (Lipinski definition) is 0. The highest BCUT2D eigenvalue weighted by molar-refractivity contribution is 6.02. The molecular weight excluding hydrogens is 548 g/mol. The van der Waals surface area contributed by atoms with Crippen molar-refractivity contribution in [3.63, 3.8) is 0 Å². The third-order valence-corrected chi connectivity index (χ3v) is 6.81. The fourth-order valence-electron chi connectivity index (χ4n) is 4.21. The van der Waals surface area contributed by atoms with Crippen LogP contribution < -0.4 is 4.90 Å². The van der Waals surface area contributed by atoms with Crippen molar-refractivity contribution in [2.75, 3.05) is 44.3 Å². The molecular formula is C38H68N2O4. The van der Waals surface area contributed by atoms with E-state index in [9.17, 15) is 9.59 Å². The van der Waals surface area contributed by atoms with E-state index >= 15 is 0 Å². The van der Waals surface area contributed by atoms with Gasteiger partial charge >= 0.3 is 0 Å². The van der Waals surface area contributed by atoms with E-state index in [1.165, 1.54) is 26.2 Å². The Balaban J connectivity index is -0.000000869. The number of ketones is 1. The molecule has 44 heavy (non-hydrogen) atoms. The zero-order valence-corrected chi connectivity index (χ0v) is 30.5. The molecule has 1 unspecified atom stereocenters. The van der Waals surface area contributed by atoms with Gasteiger partial charge in [-0.25, -0.2) is 0 Å². The molecule has 0 radical (unpaired) electrons. The second-order valence-electron chi connectivity index (χ2n) is 11.0. The molecule has 1 heterocycles. The van der Waals surface area contributed by atoms with Gasteiger partial charge < -0.3 is 19.3 Å². The quantitative estimate of drug-likeness (QED) is 0.0955. The Morgan fingerprint density at radius 3 is 1.91 bits per heavy atom. The summed E-state index contributed by atoms with van der Waals surface area (Å²) >= 11 is 0. The van der Waals surface area contributed by atoms with Crippen molar-refractivity contribution in [3.05, 3.63) is 48.6 Å². The average Bonchev–Trinajstić information content (AvgIpc) is 3.02. The fourth-order valence-corrected chi connectivity index (χ4v) is 4.21. The molecule has 1 aromatic carbocycles. The van der Waals surface area contributed by atoms with Crippen LogP contribution in [-0.4, -0.2) is 62.3 Å². The van der Waals surface area contributed by atoms with E-state index in [-0.39, 0.29) is 17.6 Å². The second-order valence-corrected chi connectivity index (χ2v) is 11.0. The Bertz CT molecular complexity index is 902. The van der Waals surface area contributed by atoms with Crippen LogP contribution in [0.4, 0.5) is 5.69 Å². The Morgan fingerprint density at radius 1 is 0.977 bits per heavy atom. The summed E-state index contributed by atoms with van der Waals surface area (Å²) in [6, 6.07) is 6.07. The standard InChI is InChI=1S/C23H34N2O3.C6H14.C5H10.C2H4O.C2H6/c1-6-18(5)23(27)21-16-19(8-9-20(21)17(3)4)24-11-13-25(14-12-24)22(26)10-15-28-7-2;1-4-5-6(2)3;1-3-5-4-2;1-2-3;1-2/h8-9,16,18H,3,6-7,10-15H2,1-2,4-5H3;6H,4-5H2,1-3H3;3H,1,4-5H2,2H3;2H,1H3;1-2H3. The summed E-state index contributed by atoms with van der Waals surface area (Å²) in [4.78, 5) is 38.1. The average molecular weight is 617 g/mol. The van der Waals surface area contributed by atoms with Crippen LogP contribution in [0.3, 0.4) is 0 Å². The van der Waals surface area contributed by atoms with Crippen LogP contribution in [0, 0.1) is 11.8 Å². The van der Waals surface area contributed by atoms with Crippen molar-refractivity contribution in [1.29, 1.82) is 0 Å². The number of amides is 1. The number of hydrogen-bond acceptors (Lipinski definition) is 5. The summed E-state index contributed by atoms with van der Waals surface area (Å²) in [6.45, 7) is 33.8. The van der Waals surface area contributed by atoms with Crippen LogP contribution in [0.5, 0.6) is 0 Å². The smallest absolute Gasteiger partial charge is 0.225 e. The lowest BCUT2D eigenvalue weighted by Crippen LogP contribution is -2.49. The van der Waals surface area contributed by atoms with Gasteiger partial charge in [0.05, 0.1) is 13.0 Å². The topological polar surface area (TPSA) is 66.9 Å². The molecule has 2 rings (SSSR count). The van der Waals surface area contributed by atoms with Gasteiger partial charge in [-0.3, -0.25) is 9.59 Å². The largest absolute Gasteiger partial charge is 0.381 e. The number of carbonyl (C=O) groups excluding carboxylic acids is 3. The first-order chi connectivity index (χ1) is 21.0. The van der Waals surface area contributed by atoms with Gasteiger partial charge in [0, 0.05) is 50.0 Å². The molecule has 0 bridgehead atoms. The van der Waals surface area contributed by atoms with Crippen molar-refractivity contribution in [2.45, 2.75) is 115 Å². The minimum Gasteiger partial charge on any atom is -0.381 e. The van der Waals surface area contributed by atoms with Crippen LogP contribution in [-0.2, 0) is 14.3 Å². The van der Waals surface area contributed by atoms with E-state index in [1.807, 2.05) is 64.7 Å². The minimum atomic E-state index is -0.00633.